The predicted molar refractivity (Wildman–Crippen MR) is 92.5 cm³/mol. The smallest absolute Gasteiger partial charge is 0.311 e. The maximum atomic E-state index is 12.2. The van der Waals surface area contributed by atoms with Gasteiger partial charge < -0.3 is 15.0 Å². The van der Waals surface area contributed by atoms with Crippen LogP contribution in [0.3, 0.4) is 0 Å². The fourth-order valence-electron chi connectivity index (χ4n) is 2.34. The van der Waals surface area contributed by atoms with Crippen molar-refractivity contribution in [2.24, 2.45) is 0 Å². The summed E-state index contributed by atoms with van der Waals surface area (Å²) in [6, 6.07) is 16.7. The molecule has 1 unspecified atom stereocenters. The number of carbonyl (C=O) groups is 2. The van der Waals surface area contributed by atoms with Gasteiger partial charge in [0.05, 0.1) is 13.2 Å². The van der Waals surface area contributed by atoms with E-state index in [0.717, 1.165) is 16.9 Å². The molecule has 2 amide bonds. The van der Waals surface area contributed by atoms with Gasteiger partial charge in [0.15, 0.2) is 0 Å². The average Bonchev–Trinajstić information content (AvgIpc) is 2.61. The lowest BCUT2D eigenvalue weighted by atomic mass is 10.1. The molecule has 0 bridgehead atoms. The van der Waals surface area contributed by atoms with Crippen molar-refractivity contribution in [2.75, 3.05) is 14.2 Å². The van der Waals surface area contributed by atoms with E-state index in [0.29, 0.717) is 6.54 Å². The van der Waals surface area contributed by atoms with Gasteiger partial charge in [-0.2, -0.15) is 0 Å². The molecule has 0 spiro atoms. The van der Waals surface area contributed by atoms with Gasteiger partial charge >= 0.3 is 11.8 Å². The highest BCUT2D eigenvalue weighted by molar-refractivity contribution is 6.34. The Hall–Kier alpha value is -2.82. The minimum absolute atomic E-state index is 0.266. The summed E-state index contributed by atoms with van der Waals surface area (Å²) in [4.78, 5) is 25.8. The van der Waals surface area contributed by atoms with Crippen molar-refractivity contribution in [1.82, 2.24) is 10.2 Å². The van der Waals surface area contributed by atoms with Crippen LogP contribution in [0.4, 0.5) is 0 Å². The Balaban J connectivity index is 1.93. The van der Waals surface area contributed by atoms with Crippen LogP contribution in [-0.4, -0.2) is 30.9 Å². The first kappa shape index (κ1) is 17.5. The fraction of sp³-hybridized carbons (Fsp3) is 0.263. The normalized spacial score (nSPS) is 11.5. The minimum Gasteiger partial charge on any atom is -0.497 e. The van der Waals surface area contributed by atoms with E-state index in [1.165, 1.54) is 4.90 Å². The quantitative estimate of drug-likeness (QED) is 0.859. The zero-order valence-corrected chi connectivity index (χ0v) is 14.2. The Morgan fingerprint density at radius 2 is 1.71 bits per heavy atom. The average molecular weight is 326 g/mol. The van der Waals surface area contributed by atoms with Gasteiger partial charge in [0.2, 0.25) is 0 Å². The van der Waals surface area contributed by atoms with Crippen molar-refractivity contribution < 1.29 is 14.3 Å². The van der Waals surface area contributed by atoms with Crippen LogP contribution in [0, 0.1) is 0 Å². The lowest BCUT2D eigenvalue weighted by Crippen LogP contribution is -2.41. The van der Waals surface area contributed by atoms with Gasteiger partial charge in [0.1, 0.15) is 5.75 Å². The Labute approximate surface area is 142 Å². The third kappa shape index (κ3) is 4.59. The molecule has 0 aliphatic rings. The fourth-order valence-corrected chi connectivity index (χ4v) is 2.34. The molecule has 2 aromatic carbocycles. The Morgan fingerprint density at radius 1 is 1.08 bits per heavy atom. The number of likely N-dealkylation sites (N-methyl/N-ethyl adjacent to an activating group) is 1. The maximum Gasteiger partial charge on any atom is 0.311 e. The van der Waals surface area contributed by atoms with Gasteiger partial charge in [-0.15, -0.1) is 0 Å². The van der Waals surface area contributed by atoms with Gasteiger partial charge in [-0.3, -0.25) is 9.59 Å². The third-order valence-corrected chi connectivity index (χ3v) is 3.77. The van der Waals surface area contributed by atoms with E-state index in [2.05, 4.69) is 5.32 Å². The van der Waals surface area contributed by atoms with Gasteiger partial charge in [-0.1, -0.05) is 42.5 Å². The van der Waals surface area contributed by atoms with Crippen LogP contribution in [-0.2, 0) is 16.1 Å². The maximum absolute atomic E-state index is 12.2. The van der Waals surface area contributed by atoms with Crippen LogP contribution >= 0.6 is 0 Å². The largest absolute Gasteiger partial charge is 0.497 e. The van der Waals surface area contributed by atoms with Crippen LogP contribution in [0.5, 0.6) is 5.75 Å². The number of amides is 2. The molecular weight excluding hydrogens is 304 g/mol. The summed E-state index contributed by atoms with van der Waals surface area (Å²) in [5, 5.41) is 2.73. The minimum atomic E-state index is -0.614. The number of methoxy groups -OCH3 is 1. The molecule has 5 nitrogen and oxygen atoms in total. The van der Waals surface area contributed by atoms with Crippen molar-refractivity contribution in [3.63, 3.8) is 0 Å². The molecule has 24 heavy (non-hydrogen) atoms. The van der Waals surface area contributed by atoms with Gasteiger partial charge in [0.25, 0.3) is 0 Å². The van der Waals surface area contributed by atoms with Crippen LogP contribution in [0.15, 0.2) is 54.6 Å². The summed E-state index contributed by atoms with van der Waals surface area (Å²) in [7, 11) is 3.22. The Kier molecular flexibility index (Phi) is 5.95. The van der Waals surface area contributed by atoms with Crippen molar-refractivity contribution in [3.8, 4) is 5.75 Å². The molecule has 0 radical (unpaired) electrons. The van der Waals surface area contributed by atoms with Crippen molar-refractivity contribution >= 4 is 11.8 Å². The monoisotopic (exact) mass is 326 g/mol. The van der Waals surface area contributed by atoms with Gasteiger partial charge in [-0.25, -0.2) is 0 Å². The van der Waals surface area contributed by atoms with Crippen molar-refractivity contribution in [2.45, 2.75) is 19.5 Å². The molecule has 0 aromatic heterocycles. The number of carbonyl (C=O) groups excluding carboxylic acids is 2. The molecular formula is C19H22N2O3. The van der Waals surface area contributed by atoms with Crippen LogP contribution in [0.2, 0.25) is 0 Å². The summed E-state index contributed by atoms with van der Waals surface area (Å²) < 4.78 is 5.11. The van der Waals surface area contributed by atoms with E-state index in [1.54, 1.807) is 14.2 Å². The number of hydrogen-bond acceptors (Lipinski definition) is 3. The zero-order chi connectivity index (χ0) is 17.5. The summed E-state index contributed by atoms with van der Waals surface area (Å²) in [5.41, 5.74) is 1.88. The first-order valence-electron chi connectivity index (χ1n) is 7.75. The second-order valence-electron chi connectivity index (χ2n) is 5.62. The molecule has 1 N–H and O–H groups in total. The molecule has 1 atom stereocenters. The summed E-state index contributed by atoms with van der Waals surface area (Å²) in [5.74, 6) is -0.424. The first-order chi connectivity index (χ1) is 11.5. The molecule has 5 heteroatoms. The highest BCUT2D eigenvalue weighted by Crippen LogP contribution is 2.17. The lowest BCUT2D eigenvalue weighted by molar-refractivity contribution is -0.145. The van der Waals surface area contributed by atoms with Crippen molar-refractivity contribution in [3.05, 3.63) is 65.7 Å². The van der Waals surface area contributed by atoms with E-state index in [4.69, 9.17) is 4.74 Å². The Morgan fingerprint density at radius 3 is 2.29 bits per heavy atom. The molecule has 2 aromatic rings. The van der Waals surface area contributed by atoms with E-state index in [9.17, 15) is 9.59 Å². The second kappa shape index (κ2) is 8.15. The summed E-state index contributed by atoms with van der Waals surface area (Å²) in [6.45, 7) is 2.23. The van der Waals surface area contributed by atoms with Crippen molar-refractivity contribution in [1.29, 1.82) is 0 Å². The van der Waals surface area contributed by atoms with E-state index < -0.39 is 11.8 Å². The molecule has 0 saturated carbocycles. The molecule has 0 saturated heterocycles. The number of ether oxygens (including phenoxy) is 1. The molecule has 0 fully saturated rings. The Bertz CT molecular complexity index is 684. The van der Waals surface area contributed by atoms with E-state index in [1.807, 2.05) is 61.5 Å². The number of rotatable bonds is 5. The van der Waals surface area contributed by atoms with E-state index >= 15 is 0 Å². The van der Waals surface area contributed by atoms with Crippen LogP contribution < -0.4 is 10.1 Å². The van der Waals surface area contributed by atoms with E-state index in [-0.39, 0.29) is 6.04 Å². The highest BCUT2D eigenvalue weighted by atomic mass is 16.5. The number of nitrogens with zero attached hydrogens (tertiary/aromatic N) is 1. The predicted octanol–water partition coefficient (Wildman–Crippen LogP) is 2.53. The molecule has 126 valence electrons. The number of benzene rings is 2. The topological polar surface area (TPSA) is 58.6 Å². The highest BCUT2D eigenvalue weighted by Gasteiger charge is 2.21. The lowest BCUT2D eigenvalue weighted by Gasteiger charge is -2.19. The molecule has 0 aliphatic heterocycles. The standard InChI is InChI=1S/C19H22N2O3/c1-14(16-9-11-17(24-3)12-10-16)20-18(22)19(23)21(2)13-15-7-5-4-6-8-15/h4-12,14H,13H2,1-3H3,(H,20,22). The van der Waals surface area contributed by atoms with Crippen LogP contribution in [0.25, 0.3) is 0 Å². The second-order valence-corrected chi connectivity index (χ2v) is 5.62. The van der Waals surface area contributed by atoms with Gasteiger partial charge in [-0.05, 0) is 30.2 Å². The molecule has 2 rings (SSSR count). The first-order valence-corrected chi connectivity index (χ1v) is 7.75. The number of hydrogen-bond donors (Lipinski definition) is 1. The third-order valence-electron chi connectivity index (χ3n) is 3.77. The van der Waals surface area contributed by atoms with Crippen LogP contribution in [0.1, 0.15) is 24.1 Å². The molecule has 0 heterocycles. The zero-order valence-electron chi connectivity index (χ0n) is 14.2. The summed E-state index contributed by atoms with van der Waals surface area (Å²) in [6.07, 6.45) is 0. The summed E-state index contributed by atoms with van der Waals surface area (Å²) >= 11 is 0. The van der Waals surface area contributed by atoms with Gasteiger partial charge in [0, 0.05) is 13.6 Å². The molecule has 0 aliphatic carbocycles. The number of nitrogens with one attached hydrogen (secondary N) is 1. The SMILES string of the molecule is COc1ccc(C(C)NC(=O)C(=O)N(C)Cc2ccccc2)cc1.